The summed E-state index contributed by atoms with van der Waals surface area (Å²) in [4.78, 5) is 13.5. The van der Waals surface area contributed by atoms with Crippen LogP contribution >= 0.6 is 0 Å². The molecule has 80 valence electrons. The Bertz CT molecular complexity index is 226. The Hall–Kier alpha value is -0.610. The molecule has 1 aliphatic heterocycles. The van der Waals surface area contributed by atoms with Gasteiger partial charge in [0.15, 0.2) is 0 Å². The zero-order valence-electron chi connectivity index (χ0n) is 8.82. The normalized spacial score (nSPS) is 37.4. The second kappa shape index (κ2) is 3.87. The summed E-state index contributed by atoms with van der Waals surface area (Å²) in [7, 11) is 0. The van der Waals surface area contributed by atoms with Crippen LogP contribution in [0.5, 0.6) is 0 Å². The highest BCUT2D eigenvalue weighted by Crippen LogP contribution is 2.30. The standard InChI is InChI=1S/C10H18N2O2/c1-3-14-9-4-8(5-9)12-7(2)11-6-10(12)13/h7-9,11H,3-6H2,1-2H3. The van der Waals surface area contributed by atoms with Gasteiger partial charge in [-0.3, -0.25) is 10.1 Å². The first-order valence-corrected chi connectivity index (χ1v) is 5.38. The number of ether oxygens (including phenoxy) is 1. The quantitative estimate of drug-likeness (QED) is 0.710. The van der Waals surface area contributed by atoms with E-state index >= 15 is 0 Å². The van der Waals surface area contributed by atoms with Crippen LogP contribution in [-0.2, 0) is 9.53 Å². The van der Waals surface area contributed by atoms with Crippen LogP contribution in [0, 0.1) is 0 Å². The van der Waals surface area contributed by atoms with Crippen LogP contribution in [0.25, 0.3) is 0 Å². The highest BCUT2D eigenvalue weighted by molar-refractivity contribution is 5.81. The number of carbonyl (C=O) groups excluding carboxylic acids is 1. The summed E-state index contributed by atoms with van der Waals surface area (Å²) < 4.78 is 5.48. The summed E-state index contributed by atoms with van der Waals surface area (Å²) in [6.45, 7) is 5.33. The Morgan fingerprint density at radius 3 is 2.79 bits per heavy atom. The van der Waals surface area contributed by atoms with Crippen LogP contribution in [-0.4, -0.2) is 42.3 Å². The molecule has 1 heterocycles. The van der Waals surface area contributed by atoms with Gasteiger partial charge in [0.1, 0.15) is 0 Å². The molecule has 0 aromatic heterocycles. The average Bonchev–Trinajstić information content (AvgIpc) is 2.40. The van der Waals surface area contributed by atoms with Gasteiger partial charge >= 0.3 is 0 Å². The van der Waals surface area contributed by atoms with E-state index in [1.54, 1.807) is 0 Å². The first-order valence-electron chi connectivity index (χ1n) is 5.38. The number of carbonyl (C=O) groups is 1. The summed E-state index contributed by atoms with van der Waals surface area (Å²) in [5.41, 5.74) is 0. The van der Waals surface area contributed by atoms with Crippen molar-refractivity contribution < 1.29 is 9.53 Å². The number of nitrogens with zero attached hydrogens (tertiary/aromatic N) is 1. The molecule has 4 nitrogen and oxygen atoms in total. The van der Waals surface area contributed by atoms with Gasteiger partial charge in [-0.1, -0.05) is 0 Å². The van der Waals surface area contributed by atoms with E-state index in [1.807, 2.05) is 18.7 Å². The number of rotatable bonds is 3. The maximum Gasteiger partial charge on any atom is 0.238 e. The van der Waals surface area contributed by atoms with Crippen LogP contribution in [0.4, 0.5) is 0 Å². The molecule has 2 aliphatic rings. The smallest absolute Gasteiger partial charge is 0.238 e. The van der Waals surface area contributed by atoms with E-state index in [-0.39, 0.29) is 12.1 Å². The lowest BCUT2D eigenvalue weighted by atomic mass is 9.87. The van der Waals surface area contributed by atoms with Crippen LogP contribution in [0.3, 0.4) is 0 Å². The number of nitrogens with one attached hydrogen (secondary N) is 1. The van der Waals surface area contributed by atoms with E-state index in [0.29, 0.717) is 18.7 Å². The van der Waals surface area contributed by atoms with Gasteiger partial charge < -0.3 is 9.64 Å². The maximum absolute atomic E-state index is 11.5. The third kappa shape index (κ3) is 1.64. The Balaban J connectivity index is 1.83. The highest BCUT2D eigenvalue weighted by Gasteiger charge is 2.40. The molecule has 1 amide bonds. The molecule has 1 unspecified atom stereocenters. The number of hydrogen-bond donors (Lipinski definition) is 1. The van der Waals surface area contributed by atoms with Gasteiger partial charge in [-0.15, -0.1) is 0 Å². The molecule has 1 N–H and O–H groups in total. The molecular weight excluding hydrogens is 180 g/mol. The molecule has 4 heteroatoms. The topological polar surface area (TPSA) is 41.6 Å². The van der Waals surface area contributed by atoms with Crippen LogP contribution in [0.2, 0.25) is 0 Å². The molecule has 0 aromatic carbocycles. The van der Waals surface area contributed by atoms with Crippen molar-refractivity contribution in [3.63, 3.8) is 0 Å². The van der Waals surface area contributed by atoms with E-state index in [0.717, 1.165) is 19.4 Å². The summed E-state index contributed by atoms with van der Waals surface area (Å²) in [6.07, 6.45) is 2.60. The fourth-order valence-corrected chi connectivity index (χ4v) is 2.30. The molecule has 14 heavy (non-hydrogen) atoms. The predicted octanol–water partition coefficient (Wildman–Crippen LogP) is 0.332. The molecule has 0 bridgehead atoms. The molecule has 2 fully saturated rings. The summed E-state index contributed by atoms with van der Waals surface area (Å²) in [5.74, 6) is 0.234. The van der Waals surface area contributed by atoms with Crippen molar-refractivity contribution in [3.8, 4) is 0 Å². The lowest BCUT2D eigenvalue weighted by Gasteiger charge is -2.42. The van der Waals surface area contributed by atoms with Crippen LogP contribution in [0.15, 0.2) is 0 Å². The fraction of sp³-hybridized carbons (Fsp3) is 0.900. The monoisotopic (exact) mass is 198 g/mol. The van der Waals surface area contributed by atoms with Gasteiger partial charge in [0.2, 0.25) is 5.91 Å². The van der Waals surface area contributed by atoms with Crippen molar-refractivity contribution in [1.82, 2.24) is 10.2 Å². The second-order valence-corrected chi connectivity index (χ2v) is 4.06. The van der Waals surface area contributed by atoms with Gasteiger partial charge in [0, 0.05) is 12.6 Å². The molecule has 1 saturated carbocycles. The number of hydrogen-bond acceptors (Lipinski definition) is 3. The molecular formula is C10H18N2O2. The minimum atomic E-state index is 0.204. The molecule has 1 atom stereocenters. The molecule has 1 saturated heterocycles. The minimum absolute atomic E-state index is 0.204. The number of amides is 1. The molecule has 0 radical (unpaired) electrons. The van der Waals surface area contributed by atoms with Crippen molar-refractivity contribution in [1.29, 1.82) is 0 Å². The minimum Gasteiger partial charge on any atom is -0.378 e. The Morgan fingerprint density at radius 1 is 1.57 bits per heavy atom. The van der Waals surface area contributed by atoms with Crippen molar-refractivity contribution in [3.05, 3.63) is 0 Å². The van der Waals surface area contributed by atoms with E-state index in [1.165, 1.54) is 0 Å². The SMILES string of the molecule is CCOC1CC(N2C(=O)CNC2C)C1. The summed E-state index contributed by atoms with van der Waals surface area (Å²) in [5, 5.41) is 3.15. The molecule has 2 rings (SSSR count). The predicted molar refractivity (Wildman–Crippen MR) is 52.7 cm³/mol. The zero-order valence-corrected chi connectivity index (χ0v) is 8.82. The first-order chi connectivity index (χ1) is 6.72. The highest BCUT2D eigenvalue weighted by atomic mass is 16.5. The first kappa shape index (κ1) is 9.93. The Labute approximate surface area is 84.6 Å². The molecule has 0 spiro atoms. The average molecular weight is 198 g/mol. The van der Waals surface area contributed by atoms with Crippen molar-refractivity contribution >= 4 is 5.91 Å². The van der Waals surface area contributed by atoms with Crippen LogP contribution in [0.1, 0.15) is 26.7 Å². The van der Waals surface area contributed by atoms with Gasteiger partial charge in [-0.05, 0) is 26.7 Å². The van der Waals surface area contributed by atoms with E-state index in [2.05, 4.69) is 5.32 Å². The third-order valence-electron chi connectivity index (χ3n) is 3.12. The summed E-state index contributed by atoms with van der Waals surface area (Å²) in [6, 6.07) is 0.407. The fourth-order valence-electron chi connectivity index (χ4n) is 2.30. The lowest BCUT2D eigenvalue weighted by molar-refractivity contribution is -0.136. The Kier molecular flexibility index (Phi) is 2.74. The van der Waals surface area contributed by atoms with Crippen molar-refractivity contribution in [2.45, 2.75) is 45.0 Å². The van der Waals surface area contributed by atoms with Gasteiger partial charge in [-0.25, -0.2) is 0 Å². The van der Waals surface area contributed by atoms with Gasteiger partial charge in [0.25, 0.3) is 0 Å². The Morgan fingerprint density at radius 2 is 2.29 bits per heavy atom. The van der Waals surface area contributed by atoms with E-state index in [4.69, 9.17) is 4.74 Å². The largest absolute Gasteiger partial charge is 0.378 e. The lowest BCUT2D eigenvalue weighted by Crippen LogP contribution is -2.52. The second-order valence-electron chi connectivity index (χ2n) is 4.06. The van der Waals surface area contributed by atoms with Crippen molar-refractivity contribution in [2.24, 2.45) is 0 Å². The molecule has 1 aliphatic carbocycles. The van der Waals surface area contributed by atoms with Gasteiger partial charge in [-0.2, -0.15) is 0 Å². The summed E-state index contributed by atoms with van der Waals surface area (Å²) >= 11 is 0. The van der Waals surface area contributed by atoms with Crippen molar-refractivity contribution in [2.75, 3.05) is 13.2 Å². The maximum atomic E-state index is 11.5. The van der Waals surface area contributed by atoms with Gasteiger partial charge in [0.05, 0.1) is 18.8 Å². The van der Waals surface area contributed by atoms with Crippen LogP contribution < -0.4 is 5.32 Å². The van der Waals surface area contributed by atoms with E-state index in [9.17, 15) is 4.79 Å². The third-order valence-corrected chi connectivity index (χ3v) is 3.12. The van der Waals surface area contributed by atoms with E-state index < -0.39 is 0 Å². The zero-order chi connectivity index (χ0) is 10.1. The molecule has 0 aromatic rings.